The molecule has 0 spiro atoms. The number of methoxy groups -OCH3 is 1. The van der Waals surface area contributed by atoms with Crippen LogP contribution in [0.15, 0.2) is 66.9 Å². The van der Waals surface area contributed by atoms with Crippen molar-refractivity contribution in [3.8, 4) is 5.75 Å². The molecule has 6 nitrogen and oxygen atoms in total. The van der Waals surface area contributed by atoms with Gasteiger partial charge in [-0.2, -0.15) is 0 Å². The smallest absolute Gasteiger partial charge is 0.255 e. The van der Waals surface area contributed by atoms with E-state index in [2.05, 4.69) is 15.6 Å². The fourth-order valence-electron chi connectivity index (χ4n) is 2.65. The number of carbonyl (C=O) groups is 1. The molecular weight excluding hydrogens is 352 g/mol. The fraction of sp³-hybridized carbons (Fsp3) is 0.182. The summed E-state index contributed by atoms with van der Waals surface area (Å²) >= 11 is 0. The molecule has 0 fully saturated rings. The second-order valence-corrected chi connectivity index (χ2v) is 6.53. The summed E-state index contributed by atoms with van der Waals surface area (Å²) in [6.07, 6.45) is 1.63. The molecule has 0 aliphatic carbocycles. The summed E-state index contributed by atoms with van der Waals surface area (Å²) in [5, 5.41) is 6.15. The van der Waals surface area contributed by atoms with Gasteiger partial charge >= 0.3 is 0 Å². The number of pyridine rings is 1. The summed E-state index contributed by atoms with van der Waals surface area (Å²) in [6, 6.07) is 18.9. The number of nitrogens with zero attached hydrogens (tertiary/aromatic N) is 2. The van der Waals surface area contributed by atoms with Gasteiger partial charge in [-0.05, 0) is 54.1 Å². The monoisotopic (exact) mass is 376 g/mol. The largest absolute Gasteiger partial charge is 0.497 e. The van der Waals surface area contributed by atoms with Crippen LogP contribution in [0.5, 0.6) is 5.75 Å². The van der Waals surface area contributed by atoms with Gasteiger partial charge in [0.25, 0.3) is 5.91 Å². The Morgan fingerprint density at radius 3 is 2.39 bits per heavy atom. The summed E-state index contributed by atoms with van der Waals surface area (Å²) in [5.41, 5.74) is 3.47. The van der Waals surface area contributed by atoms with Gasteiger partial charge in [-0.1, -0.05) is 12.1 Å². The lowest BCUT2D eigenvalue weighted by Gasteiger charge is -2.13. The van der Waals surface area contributed by atoms with Crippen LogP contribution in [0.3, 0.4) is 0 Å². The first-order valence-electron chi connectivity index (χ1n) is 8.97. The predicted octanol–water partition coefficient (Wildman–Crippen LogP) is 4.02. The van der Waals surface area contributed by atoms with Crippen molar-refractivity contribution in [1.82, 2.24) is 4.98 Å². The molecule has 6 heteroatoms. The second kappa shape index (κ2) is 8.90. The lowest BCUT2D eigenvalue weighted by Crippen LogP contribution is -2.13. The van der Waals surface area contributed by atoms with Gasteiger partial charge in [0.15, 0.2) is 0 Å². The van der Waals surface area contributed by atoms with Gasteiger partial charge in [0.1, 0.15) is 11.6 Å². The van der Waals surface area contributed by atoms with E-state index in [1.165, 1.54) is 0 Å². The van der Waals surface area contributed by atoms with Gasteiger partial charge < -0.3 is 20.3 Å². The molecule has 0 bridgehead atoms. The lowest BCUT2D eigenvalue weighted by atomic mass is 10.2. The van der Waals surface area contributed by atoms with Gasteiger partial charge in [0.05, 0.1) is 7.11 Å². The molecule has 28 heavy (non-hydrogen) atoms. The van der Waals surface area contributed by atoms with Crippen molar-refractivity contribution >= 4 is 23.1 Å². The molecule has 0 saturated carbocycles. The molecule has 0 unspecified atom stereocenters. The van der Waals surface area contributed by atoms with Gasteiger partial charge in [-0.3, -0.25) is 4.79 Å². The average Bonchev–Trinajstić information content (AvgIpc) is 2.73. The number of rotatable bonds is 7. The van der Waals surface area contributed by atoms with Crippen LogP contribution in [0.4, 0.5) is 17.2 Å². The van der Waals surface area contributed by atoms with Crippen molar-refractivity contribution in [3.63, 3.8) is 0 Å². The molecule has 3 rings (SSSR count). The van der Waals surface area contributed by atoms with Crippen LogP contribution in [0.2, 0.25) is 0 Å². The van der Waals surface area contributed by atoms with Gasteiger partial charge in [0, 0.05) is 43.8 Å². The van der Waals surface area contributed by atoms with E-state index in [9.17, 15) is 4.79 Å². The minimum Gasteiger partial charge on any atom is -0.497 e. The first-order valence-corrected chi connectivity index (χ1v) is 8.97. The standard InChI is InChI=1S/C22H24N4O2/c1-26(2)19-8-6-18(7-9-19)25-22(27)17-12-13-23-21(14-17)24-15-16-4-10-20(28-3)11-5-16/h4-14H,15H2,1-3H3,(H,23,24)(H,25,27). The number of anilines is 3. The molecule has 1 heterocycles. The minimum atomic E-state index is -0.174. The Morgan fingerprint density at radius 2 is 1.75 bits per heavy atom. The number of ether oxygens (including phenoxy) is 1. The van der Waals surface area contributed by atoms with Crippen LogP contribution in [0.25, 0.3) is 0 Å². The summed E-state index contributed by atoms with van der Waals surface area (Å²) < 4.78 is 5.16. The predicted molar refractivity (Wildman–Crippen MR) is 113 cm³/mol. The topological polar surface area (TPSA) is 66.5 Å². The van der Waals surface area contributed by atoms with Crippen LogP contribution < -0.4 is 20.3 Å². The first-order chi connectivity index (χ1) is 13.5. The van der Waals surface area contributed by atoms with Crippen molar-refractivity contribution in [1.29, 1.82) is 0 Å². The Morgan fingerprint density at radius 1 is 1.04 bits per heavy atom. The van der Waals surface area contributed by atoms with E-state index in [-0.39, 0.29) is 5.91 Å². The molecule has 144 valence electrons. The lowest BCUT2D eigenvalue weighted by molar-refractivity contribution is 0.102. The second-order valence-electron chi connectivity index (χ2n) is 6.53. The highest BCUT2D eigenvalue weighted by molar-refractivity contribution is 6.04. The van der Waals surface area contributed by atoms with Crippen LogP contribution in [-0.4, -0.2) is 32.1 Å². The molecule has 1 amide bonds. The van der Waals surface area contributed by atoms with Gasteiger partial charge in [-0.25, -0.2) is 4.98 Å². The maximum Gasteiger partial charge on any atom is 0.255 e. The van der Waals surface area contributed by atoms with Crippen LogP contribution >= 0.6 is 0 Å². The zero-order valence-electron chi connectivity index (χ0n) is 16.3. The van der Waals surface area contributed by atoms with Gasteiger partial charge in [0.2, 0.25) is 0 Å². The summed E-state index contributed by atoms with van der Waals surface area (Å²) in [7, 11) is 5.60. The molecule has 0 aliphatic rings. The quantitative estimate of drug-likeness (QED) is 0.652. The molecule has 2 N–H and O–H groups in total. The zero-order valence-corrected chi connectivity index (χ0v) is 16.3. The van der Waals surface area contributed by atoms with Gasteiger partial charge in [-0.15, -0.1) is 0 Å². The number of amides is 1. The molecule has 0 atom stereocenters. The van der Waals surface area contributed by atoms with Crippen LogP contribution in [-0.2, 0) is 6.54 Å². The number of hydrogen-bond acceptors (Lipinski definition) is 5. The van der Waals surface area contributed by atoms with E-state index in [0.717, 1.165) is 22.7 Å². The third-order valence-corrected chi connectivity index (χ3v) is 4.30. The van der Waals surface area contributed by atoms with Crippen molar-refractivity contribution in [3.05, 3.63) is 78.0 Å². The Balaban J connectivity index is 1.62. The fourth-order valence-corrected chi connectivity index (χ4v) is 2.65. The number of nitrogens with one attached hydrogen (secondary N) is 2. The Labute approximate surface area is 165 Å². The van der Waals surface area contributed by atoms with E-state index in [4.69, 9.17) is 4.74 Å². The van der Waals surface area contributed by atoms with Crippen molar-refractivity contribution in [2.75, 3.05) is 36.7 Å². The molecule has 0 radical (unpaired) electrons. The Bertz CT molecular complexity index is 922. The average molecular weight is 376 g/mol. The Hall–Kier alpha value is -3.54. The molecule has 2 aromatic carbocycles. The molecular formula is C22H24N4O2. The highest BCUT2D eigenvalue weighted by atomic mass is 16.5. The van der Waals surface area contributed by atoms with Crippen LogP contribution in [0.1, 0.15) is 15.9 Å². The van der Waals surface area contributed by atoms with E-state index < -0.39 is 0 Å². The molecule has 3 aromatic rings. The highest BCUT2D eigenvalue weighted by Crippen LogP contribution is 2.17. The minimum absolute atomic E-state index is 0.174. The third-order valence-electron chi connectivity index (χ3n) is 4.30. The summed E-state index contributed by atoms with van der Waals surface area (Å²) in [5.74, 6) is 1.29. The molecule has 0 saturated heterocycles. The summed E-state index contributed by atoms with van der Waals surface area (Å²) in [4.78, 5) is 18.8. The number of hydrogen-bond donors (Lipinski definition) is 2. The maximum atomic E-state index is 12.5. The third kappa shape index (κ3) is 5.01. The van der Waals surface area contributed by atoms with E-state index in [0.29, 0.717) is 17.9 Å². The van der Waals surface area contributed by atoms with E-state index in [1.54, 1.807) is 25.4 Å². The normalized spacial score (nSPS) is 10.2. The van der Waals surface area contributed by atoms with Crippen molar-refractivity contribution in [2.45, 2.75) is 6.54 Å². The molecule has 0 aliphatic heterocycles. The maximum absolute atomic E-state index is 12.5. The number of benzene rings is 2. The molecule has 1 aromatic heterocycles. The highest BCUT2D eigenvalue weighted by Gasteiger charge is 2.08. The van der Waals surface area contributed by atoms with E-state index in [1.807, 2.05) is 67.5 Å². The number of carbonyl (C=O) groups excluding carboxylic acids is 1. The van der Waals surface area contributed by atoms with Crippen LogP contribution in [0, 0.1) is 0 Å². The van der Waals surface area contributed by atoms with Crippen molar-refractivity contribution in [2.24, 2.45) is 0 Å². The SMILES string of the molecule is COc1ccc(CNc2cc(C(=O)Nc3ccc(N(C)C)cc3)ccn2)cc1. The van der Waals surface area contributed by atoms with Crippen molar-refractivity contribution < 1.29 is 9.53 Å². The Kier molecular flexibility index (Phi) is 6.11. The zero-order chi connectivity index (χ0) is 19.9. The summed E-state index contributed by atoms with van der Waals surface area (Å²) in [6.45, 7) is 0.605. The number of aromatic nitrogens is 1. The first kappa shape index (κ1) is 19.2. The van der Waals surface area contributed by atoms with E-state index >= 15 is 0 Å².